The van der Waals surface area contributed by atoms with Crippen LogP contribution in [-0.4, -0.2) is 47.9 Å². The number of aliphatic hydroxyl groups is 1. The van der Waals surface area contributed by atoms with Crippen LogP contribution < -0.4 is 12.4 Å². The van der Waals surface area contributed by atoms with E-state index in [0.29, 0.717) is 6.54 Å². The van der Waals surface area contributed by atoms with Crippen molar-refractivity contribution in [1.29, 1.82) is 0 Å². The quantitative estimate of drug-likeness (QED) is 0.202. The number of esters is 1. The van der Waals surface area contributed by atoms with E-state index in [2.05, 4.69) is 13.5 Å². The molecule has 0 amide bonds. The highest BCUT2D eigenvalue weighted by Crippen LogP contribution is 2.34. The summed E-state index contributed by atoms with van der Waals surface area (Å²) >= 11 is 0. The summed E-state index contributed by atoms with van der Waals surface area (Å²) in [7, 11) is 3.46. The van der Waals surface area contributed by atoms with Gasteiger partial charge in [0.25, 0.3) is 0 Å². The Labute approximate surface area is 157 Å². The van der Waals surface area contributed by atoms with Gasteiger partial charge in [0.15, 0.2) is 11.7 Å². The van der Waals surface area contributed by atoms with E-state index in [-0.39, 0.29) is 35.5 Å². The van der Waals surface area contributed by atoms with Crippen LogP contribution in [0.15, 0.2) is 24.8 Å². The van der Waals surface area contributed by atoms with E-state index in [1.54, 1.807) is 26.2 Å². The summed E-state index contributed by atoms with van der Waals surface area (Å²) in [5.74, 6) is -3.47. The first-order chi connectivity index (χ1) is 11.3. The van der Waals surface area contributed by atoms with Crippen LogP contribution in [0.5, 0.6) is 0 Å². The second kappa shape index (κ2) is 10.7. The van der Waals surface area contributed by atoms with E-state index in [9.17, 15) is 14.7 Å². The molecule has 2 unspecified atom stereocenters. The number of cyclic esters (lactones) is 1. The lowest BCUT2D eigenvalue weighted by atomic mass is 9.94. The summed E-state index contributed by atoms with van der Waals surface area (Å²) in [5, 5.41) is 11.2. The van der Waals surface area contributed by atoms with Crippen molar-refractivity contribution in [2.24, 2.45) is 5.92 Å². The average Bonchev–Trinajstić information content (AvgIpc) is 2.61. The zero-order valence-electron chi connectivity index (χ0n) is 15.7. The van der Waals surface area contributed by atoms with Crippen molar-refractivity contribution in [2.75, 3.05) is 20.6 Å². The zero-order chi connectivity index (χ0) is 18.2. The van der Waals surface area contributed by atoms with E-state index < -0.39 is 17.8 Å². The van der Waals surface area contributed by atoms with Gasteiger partial charge < -0.3 is 22.3 Å². The fourth-order valence-corrected chi connectivity index (χ4v) is 2.98. The number of halogens is 1. The Kier molecular flexibility index (Phi) is 10.2. The van der Waals surface area contributed by atoms with Crippen molar-refractivity contribution < 1.29 is 36.3 Å². The van der Waals surface area contributed by atoms with Gasteiger partial charge in [-0.3, -0.25) is 14.1 Å². The molecule has 0 aliphatic carbocycles. The maximum atomic E-state index is 12.5. The van der Waals surface area contributed by atoms with Crippen molar-refractivity contribution in [3.05, 3.63) is 24.8 Å². The van der Waals surface area contributed by atoms with Gasteiger partial charge in [-0.15, -0.1) is 0 Å². The van der Waals surface area contributed by atoms with Gasteiger partial charge in [0, 0.05) is 6.42 Å². The summed E-state index contributed by atoms with van der Waals surface area (Å²) < 4.78 is 5.31. The number of nitrogens with zero attached hydrogens (tertiary/aromatic N) is 1. The van der Waals surface area contributed by atoms with Crippen LogP contribution in [0, 0.1) is 5.92 Å². The summed E-state index contributed by atoms with van der Waals surface area (Å²) in [4.78, 5) is 24.4. The first-order valence-corrected chi connectivity index (χ1v) is 8.86. The van der Waals surface area contributed by atoms with Gasteiger partial charge in [0.05, 0.1) is 20.5 Å². The molecule has 0 aromatic heterocycles. The van der Waals surface area contributed by atoms with Gasteiger partial charge in [0.2, 0.25) is 0 Å². The van der Waals surface area contributed by atoms with Gasteiger partial charge in [0.1, 0.15) is 6.54 Å². The zero-order valence-corrected chi connectivity index (χ0v) is 16.4. The second-order valence-electron chi connectivity index (χ2n) is 7.01. The van der Waals surface area contributed by atoms with Crippen LogP contribution in [0.4, 0.5) is 0 Å². The highest BCUT2D eigenvalue weighted by molar-refractivity contribution is 5.88. The number of unbranched alkanes of at least 4 members (excludes halogenated alkanes) is 4. The van der Waals surface area contributed by atoms with E-state index in [0.717, 1.165) is 19.3 Å². The first-order valence-electron chi connectivity index (χ1n) is 8.86. The molecule has 2 atom stereocenters. The van der Waals surface area contributed by atoms with Gasteiger partial charge in [-0.2, -0.15) is 0 Å². The smallest absolute Gasteiger partial charge is 0.374 e. The molecule has 1 fully saturated rings. The highest BCUT2D eigenvalue weighted by atomic mass is 35.5. The van der Waals surface area contributed by atoms with Gasteiger partial charge >= 0.3 is 11.9 Å². The normalized spacial score (nSPS) is 24.6. The standard InChI is InChI=1S/C19H32NO4.ClH/c1-5-7-8-9-10-11-12-16-17(21)13-14-18(22)24-19(16,23)20(3,4)15-6-2;/h6,11-12,16,23H,2,5,7-10,13-15H2,1,3-4H3;1H/q+1;/p-1. The van der Waals surface area contributed by atoms with E-state index >= 15 is 0 Å². The predicted octanol–water partition coefficient (Wildman–Crippen LogP) is -0.0522. The highest BCUT2D eigenvalue weighted by Gasteiger charge is 2.57. The third kappa shape index (κ3) is 6.24. The third-order valence-electron chi connectivity index (χ3n) is 4.60. The van der Waals surface area contributed by atoms with Crippen LogP contribution >= 0.6 is 0 Å². The molecule has 0 bridgehead atoms. The van der Waals surface area contributed by atoms with Gasteiger partial charge in [-0.25, -0.2) is 0 Å². The number of quaternary nitrogens is 1. The Bertz CT molecular complexity index is 490. The lowest BCUT2D eigenvalue weighted by Crippen LogP contribution is -3.00. The van der Waals surface area contributed by atoms with Crippen LogP contribution in [0.3, 0.4) is 0 Å². The van der Waals surface area contributed by atoms with Crippen LogP contribution in [0.1, 0.15) is 51.9 Å². The number of ether oxygens (including phenoxy) is 1. The molecule has 1 saturated heterocycles. The molecule has 5 nitrogen and oxygen atoms in total. The number of rotatable bonds is 9. The number of hydrogen-bond acceptors (Lipinski definition) is 4. The van der Waals surface area contributed by atoms with Crippen molar-refractivity contribution in [1.82, 2.24) is 0 Å². The fraction of sp³-hybridized carbons (Fsp3) is 0.684. The van der Waals surface area contributed by atoms with Crippen molar-refractivity contribution >= 4 is 11.8 Å². The second-order valence-corrected chi connectivity index (χ2v) is 7.01. The van der Waals surface area contributed by atoms with E-state index in [1.807, 2.05) is 6.08 Å². The van der Waals surface area contributed by atoms with Crippen molar-refractivity contribution in [3.63, 3.8) is 0 Å². The first kappa shape index (κ1) is 23.8. The Balaban J connectivity index is 0.00000576. The minimum absolute atomic E-state index is 0. The molecule has 0 spiro atoms. The largest absolute Gasteiger partial charge is 1.00 e. The lowest BCUT2D eigenvalue weighted by molar-refractivity contribution is -0.990. The number of allylic oxidation sites excluding steroid dienone is 1. The van der Waals surface area contributed by atoms with E-state index in [4.69, 9.17) is 4.74 Å². The fourth-order valence-electron chi connectivity index (χ4n) is 2.98. The molecule has 1 N–H and O–H groups in total. The van der Waals surface area contributed by atoms with Gasteiger partial charge in [-0.1, -0.05) is 44.9 Å². The molecular weight excluding hydrogens is 342 g/mol. The monoisotopic (exact) mass is 373 g/mol. The average molecular weight is 374 g/mol. The van der Waals surface area contributed by atoms with Crippen LogP contribution in [0.25, 0.3) is 0 Å². The molecule has 25 heavy (non-hydrogen) atoms. The number of likely N-dealkylation sites (N-methyl/N-ethyl adjacent to an activating group) is 1. The molecule has 0 radical (unpaired) electrons. The van der Waals surface area contributed by atoms with Crippen LogP contribution in [0.2, 0.25) is 0 Å². The molecular formula is C19H32ClNO4. The Morgan fingerprint density at radius 2 is 1.96 bits per heavy atom. The molecule has 1 heterocycles. The SMILES string of the molecule is C=CC[N+](C)(C)C1(O)OC(=O)CCC(=O)C1C=CCCCCCC.[Cl-]. The number of hydrogen-bond donors (Lipinski definition) is 1. The van der Waals surface area contributed by atoms with Gasteiger partial charge in [-0.05, 0) is 18.9 Å². The van der Waals surface area contributed by atoms with Crippen molar-refractivity contribution in [3.8, 4) is 0 Å². The predicted molar refractivity (Wildman–Crippen MR) is 93.8 cm³/mol. The minimum atomic E-state index is -1.90. The van der Waals surface area contributed by atoms with E-state index in [1.165, 1.54) is 12.8 Å². The Morgan fingerprint density at radius 1 is 1.28 bits per heavy atom. The minimum Gasteiger partial charge on any atom is -1.00 e. The Hall–Kier alpha value is -1.17. The Morgan fingerprint density at radius 3 is 2.56 bits per heavy atom. The molecule has 0 saturated carbocycles. The number of carbonyl (C=O) groups excluding carboxylic acids is 2. The molecule has 0 aromatic rings. The summed E-state index contributed by atoms with van der Waals surface area (Å²) in [6.45, 7) is 6.23. The number of carbonyl (C=O) groups is 2. The number of ketones is 1. The maximum Gasteiger partial charge on any atom is 0.374 e. The summed E-state index contributed by atoms with van der Waals surface area (Å²) in [5.41, 5.74) is 0. The van der Waals surface area contributed by atoms with Crippen molar-refractivity contribution in [2.45, 2.75) is 57.8 Å². The molecule has 1 aliphatic heterocycles. The third-order valence-corrected chi connectivity index (χ3v) is 4.60. The molecule has 1 rings (SSSR count). The summed E-state index contributed by atoms with van der Waals surface area (Å²) in [6, 6.07) is 0. The summed E-state index contributed by atoms with van der Waals surface area (Å²) in [6.07, 6.45) is 10.8. The topological polar surface area (TPSA) is 63.6 Å². The molecule has 1 aliphatic rings. The molecule has 6 heteroatoms. The molecule has 0 aromatic carbocycles. The molecule has 144 valence electrons. The number of Topliss-reactive ketones (excluding diaryl/α,β-unsaturated/α-hetero) is 1. The maximum absolute atomic E-state index is 12.5. The lowest BCUT2D eigenvalue weighted by Gasteiger charge is -2.44. The van der Waals surface area contributed by atoms with Crippen LogP contribution in [-0.2, 0) is 14.3 Å².